The van der Waals surface area contributed by atoms with E-state index in [2.05, 4.69) is 24.1 Å². The molecule has 19 heavy (non-hydrogen) atoms. The molecule has 1 rings (SSSR count). The number of anilines is 1. The molecule has 0 amide bonds. The van der Waals surface area contributed by atoms with Crippen molar-refractivity contribution in [3.8, 4) is 0 Å². The number of aromatic nitrogens is 1. The molecule has 0 saturated carbocycles. The highest BCUT2D eigenvalue weighted by atomic mass is 32.2. The molecule has 1 heterocycles. The lowest BCUT2D eigenvalue weighted by Crippen LogP contribution is -2.16. The summed E-state index contributed by atoms with van der Waals surface area (Å²) in [4.78, 5) is 15.7. The molecule has 1 N–H and O–H groups in total. The smallest absolute Gasteiger partial charge is 0.311 e. The summed E-state index contributed by atoms with van der Waals surface area (Å²) in [5.41, 5.74) is 0.779. The van der Waals surface area contributed by atoms with Crippen molar-refractivity contribution < 1.29 is 9.53 Å². The predicted octanol–water partition coefficient (Wildman–Crippen LogP) is 3.19. The van der Waals surface area contributed by atoms with Gasteiger partial charge in [0, 0.05) is 11.4 Å². The highest BCUT2D eigenvalue weighted by Crippen LogP contribution is 2.18. The first-order chi connectivity index (χ1) is 9.15. The lowest BCUT2D eigenvalue weighted by molar-refractivity contribution is -0.142. The lowest BCUT2D eigenvalue weighted by atomic mass is 10.3. The lowest BCUT2D eigenvalue weighted by Gasteiger charge is -2.11. The van der Waals surface area contributed by atoms with E-state index in [1.165, 1.54) is 0 Å². The van der Waals surface area contributed by atoms with Crippen LogP contribution >= 0.6 is 23.1 Å². The second-order valence-corrected chi connectivity index (χ2v) is 6.41. The van der Waals surface area contributed by atoms with E-state index in [0.29, 0.717) is 12.6 Å². The Kier molecular flexibility index (Phi) is 7.90. The number of esters is 1. The summed E-state index contributed by atoms with van der Waals surface area (Å²) in [6.07, 6.45) is 1.37. The average molecular weight is 302 g/mol. The molecule has 0 radical (unpaired) electrons. The molecule has 1 atom stereocenters. The maximum atomic E-state index is 11.3. The predicted molar refractivity (Wildman–Crippen MR) is 83.2 cm³/mol. The fourth-order valence-electron chi connectivity index (χ4n) is 1.50. The number of carbonyl (C=O) groups is 1. The zero-order valence-electron chi connectivity index (χ0n) is 11.8. The monoisotopic (exact) mass is 302 g/mol. The third-order valence-electron chi connectivity index (χ3n) is 2.45. The Balaban J connectivity index is 2.35. The molecular formula is C13H22N2O2S2. The van der Waals surface area contributed by atoms with Gasteiger partial charge in [-0.05, 0) is 31.8 Å². The van der Waals surface area contributed by atoms with Gasteiger partial charge < -0.3 is 10.1 Å². The molecule has 1 unspecified atom stereocenters. The molecule has 0 spiro atoms. The van der Waals surface area contributed by atoms with Crippen LogP contribution in [0.15, 0.2) is 5.38 Å². The van der Waals surface area contributed by atoms with E-state index < -0.39 is 0 Å². The van der Waals surface area contributed by atoms with E-state index in [1.54, 1.807) is 11.3 Å². The third kappa shape index (κ3) is 6.82. The molecule has 0 saturated heterocycles. The highest BCUT2D eigenvalue weighted by Gasteiger charge is 2.09. The molecule has 0 fully saturated rings. The van der Waals surface area contributed by atoms with Crippen LogP contribution in [0.1, 0.15) is 32.9 Å². The number of nitrogens with zero attached hydrogens (tertiary/aromatic N) is 1. The molecule has 0 aliphatic heterocycles. The van der Waals surface area contributed by atoms with Crippen LogP contribution in [-0.2, 0) is 16.0 Å². The number of nitrogens with one attached hydrogen (secondary N) is 1. The zero-order valence-corrected chi connectivity index (χ0v) is 13.4. The van der Waals surface area contributed by atoms with E-state index in [-0.39, 0.29) is 12.4 Å². The van der Waals surface area contributed by atoms with Crippen molar-refractivity contribution in [3.05, 3.63) is 11.1 Å². The van der Waals surface area contributed by atoms with Crippen LogP contribution < -0.4 is 5.32 Å². The molecule has 0 aliphatic carbocycles. The Hall–Kier alpha value is -0.750. The summed E-state index contributed by atoms with van der Waals surface area (Å²) < 4.78 is 4.90. The minimum Gasteiger partial charge on any atom is -0.466 e. The third-order valence-corrected chi connectivity index (χ3v) is 4.21. The van der Waals surface area contributed by atoms with E-state index >= 15 is 0 Å². The minimum absolute atomic E-state index is 0.216. The average Bonchev–Trinajstić information content (AvgIpc) is 2.77. The number of hydrogen-bond donors (Lipinski definition) is 1. The van der Waals surface area contributed by atoms with Crippen molar-refractivity contribution in [1.82, 2.24) is 4.98 Å². The van der Waals surface area contributed by atoms with Crippen molar-refractivity contribution in [1.29, 1.82) is 0 Å². The van der Waals surface area contributed by atoms with Gasteiger partial charge in [-0.1, -0.05) is 6.92 Å². The van der Waals surface area contributed by atoms with E-state index in [9.17, 15) is 4.79 Å². The molecule has 0 bridgehead atoms. The summed E-state index contributed by atoms with van der Waals surface area (Å²) in [6, 6.07) is 0.403. The second-order valence-electron chi connectivity index (χ2n) is 4.16. The van der Waals surface area contributed by atoms with Crippen LogP contribution in [0.3, 0.4) is 0 Å². The van der Waals surface area contributed by atoms with E-state index in [4.69, 9.17) is 4.74 Å². The summed E-state index contributed by atoms with van der Waals surface area (Å²) >= 11 is 3.49. The van der Waals surface area contributed by atoms with Gasteiger partial charge in [0.2, 0.25) is 0 Å². The highest BCUT2D eigenvalue weighted by molar-refractivity contribution is 7.99. The maximum absolute atomic E-state index is 11.3. The molecule has 0 aromatic carbocycles. The number of thioether (sulfide) groups is 1. The van der Waals surface area contributed by atoms with Gasteiger partial charge in [-0.25, -0.2) is 4.98 Å². The summed E-state index contributed by atoms with van der Waals surface area (Å²) in [7, 11) is 0. The van der Waals surface area contributed by atoms with E-state index in [1.807, 2.05) is 24.1 Å². The summed E-state index contributed by atoms with van der Waals surface area (Å²) in [5, 5.41) is 6.16. The Labute approximate surface area is 123 Å². The van der Waals surface area contributed by atoms with Crippen molar-refractivity contribution in [3.63, 3.8) is 0 Å². The van der Waals surface area contributed by atoms with Crippen LogP contribution in [0.25, 0.3) is 0 Å². The van der Waals surface area contributed by atoms with Crippen molar-refractivity contribution >= 4 is 34.2 Å². The van der Waals surface area contributed by atoms with Gasteiger partial charge in [0.25, 0.3) is 0 Å². The van der Waals surface area contributed by atoms with Crippen LogP contribution in [0.2, 0.25) is 0 Å². The Morgan fingerprint density at radius 3 is 3.05 bits per heavy atom. The number of hydrogen-bond acceptors (Lipinski definition) is 6. The van der Waals surface area contributed by atoms with Gasteiger partial charge in [-0.2, -0.15) is 11.8 Å². The number of ether oxygens (including phenoxy) is 1. The van der Waals surface area contributed by atoms with Gasteiger partial charge in [0.15, 0.2) is 5.13 Å². The number of carbonyl (C=O) groups excluding carboxylic acids is 1. The first-order valence-corrected chi connectivity index (χ1v) is 8.63. The normalized spacial score (nSPS) is 12.2. The van der Waals surface area contributed by atoms with Crippen LogP contribution in [0, 0.1) is 0 Å². The summed E-state index contributed by atoms with van der Waals surface area (Å²) in [6.45, 7) is 6.55. The Morgan fingerprint density at radius 2 is 2.37 bits per heavy atom. The fraction of sp³-hybridized carbons (Fsp3) is 0.692. The zero-order chi connectivity index (χ0) is 14.1. The van der Waals surface area contributed by atoms with Crippen molar-refractivity contribution in [2.45, 2.75) is 39.7 Å². The van der Waals surface area contributed by atoms with Crippen LogP contribution in [0.4, 0.5) is 5.13 Å². The number of rotatable bonds is 9. The van der Waals surface area contributed by atoms with Gasteiger partial charge in [0.05, 0.1) is 18.7 Å². The largest absolute Gasteiger partial charge is 0.466 e. The Morgan fingerprint density at radius 1 is 1.58 bits per heavy atom. The molecular weight excluding hydrogens is 280 g/mol. The van der Waals surface area contributed by atoms with Crippen molar-refractivity contribution in [2.24, 2.45) is 0 Å². The standard InChI is InChI=1S/C13H22N2O2S2/c1-4-17-12(16)8-11-9-19-13(15-11)14-10(3)6-7-18-5-2/h9-10H,4-8H2,1-3H3,(H,14,15). The first-order valence-electron chi connectivity index (χ1n) is 6.60. The molecule has 6 heteroatoms. The van der Waals surface area contributed by atoms with Crippen molar-refractivity contribution in [2.75, 3.05) is 23.4 Å². The summed E-state index contributed by atoms with van der Waals surface area (Å²) in [5.74, 6) is 2.10. The van der Waals surface area contributed by atoms with Gasteiger partial charge >= 0.3 is 5.97 Å². The van der Waals surface area contributed by atoms with Gasteiger partial charge in [0.1, 0.15) is 0 Å². The fourth-order valence-corrected chi connectivity index (χ4v) is 3.13. The topological polar surface area (TPSA) is 51.2 Å². The quantitative estimate of drug-likeness (QED) is 0.561. The molecule has 0 aliphatic rings. The first kappa shape index (κ1) is 16.3. The van der Waals surface area contributed by atoms with Crippen LogP contribution in [0.5, 0.6) is 0 Å². The molecule has 1 aromatic rings. The SMILES string of the molecule is CCOC(=O)Cc1csc(NC(C)CCSCC)n1. The second kappa shape index (κ2) is 9.20. The molecule has 1 aromatic heterocycles. The van der Waals surface area contributed by atoms with Gasteiger partial charge in [-0.3, -0.25) is 4.79 Å². The maximum Gasteiger partial charge on any atom is 0.311 e. The molecule has 4 nitrogen and oxygen atoms in total. The molecule has 108 valence electrons. The minimum atomic E-state index is -0.216. The van der Waals surface area contributed by atoms with Gasteiger partial charge in [-0.15, -0.1) is 11.3 Å². The van der Waals surface area contributed by atoms with Crippen LogP contribution in [-0.4, -0.2) is 35.1 Å². The van der Waals surface area contributed by atoms with E-state index in [0.717, 1.165) is 28.8 Å². The number of thiazole rings is 1. The Bertz CT molecular complexity index is 382.